The summed E-state index contributed by atoms with van der Waals surface area (Å²) in [4.78, 5) is 25.5. The van der Waals surface area contributed by atoms with Crippen molar-refractivity contribution in [3.8, 4) is 28.4 Å². The monoisotopic (exact) mass is 476 g/mol. The summed E-state index contributed by atoms with van der Waals surface area (Å²) in [7, 11) is 3.08. The lowest BCUT2D eigenvalue weighted by Gasteiger charge is -2.10. The molecule has 4 aromatic rings. The highest BCUT2D eigenvalue weighted by Gasteiger charge is 2.21. The van der Waals surface area contributed by atoms with Gasteiger partial charge < -0.3 is 9.47 Å². The van der Waals surface area contributed by atoms with E-state index in [1.165, 1.54) is 7.11 Å². The highest BCUT2D eigenvalue weighted by atomic mass is 35.5. The molecule has 0 saturated carbocycles. The Labute approximate surface area is 201 Å². The summed E-state index contributed by atoms with van der Waals surface area (Å²) in [5.74, 6) is 0.0362. The van der Waals surface area contributed by atoms with Gasteiger partial charge in [-0.25, -0.2) is 4.68 Å². The molecule has 0 aliphatic rings. The van der Waals surface area contributed by atoms with Crippen LogP contribution in [-0.2, 0) is 0 Å². The second-order valence-electron chi connectivity index (χ2n) is 7.16. The molecule has 0 aliphatic heterocycles. The van der Waals surface area contributed by atoms with Gasteiger partial charge in [0.2, 0.25) is 0 Å². The van der Waals surface area contributed by atoms with Crippen molar-refractivity contribution in [3.05, 3.63) is 95.1 Å². The minimum Gasteiger partial charge on any atom is -0.493 e. The molecule has 0 atom stereocenters. The van der Waals surface area contributed by atoms with Gasteiger partial charge >= 0.3 is 0 Å². The fraction of sp³-hybridized carbons (Fsp3) is 0.0800. The summed E-state index contributed by atoms with van der Waals surface area (Å²) in [6.07, 6.45) is 1.60. The van der Waals surface area contributed by atoms with Gasteiger partial charge in [0.05, 0.1) is 25.5 Å². The molecule has 0 fully saturated rings. The van der Waals surface area contributed by atoms with E-state index >= 15 is 0 Å². The summed E-state index contributed by atoms with van der Waals surface area (Å²) < 4.78 is 12.3. The van der Waals surface area contributed by atoms with Crippen molar-refractivity contribution in [3.63, 3.8) is 0 Å². The molecule has 9 heteroatoms. The maximum absolute atomic E-state index is 13.1. The van der Waals surface area contributed by atoms with Crippen LogP contribution in [0, 0.1) is 0 Å². The number of nitrogens with one attached hydrogen (secondary N) is 2. The maximum Gasteiger partial charge on any atom is 0.273 e. The summed E-state index contributed by atoms with van der Waals surface area (Å²) in [6.45, 7) is 0. The van der Waals surface area contributed by atoms with E-state index in [-0.39, 0.29) is 5.56 Å². The number of ether oxygens (including phenoxy) is 2. The van der Waals surface area contributed by atoms with Gasteiger partial charge in [-0.3, -0.25) is 20.4 Å². The number of carbonyl (C=O) groups is 2. The number of hydrogen-bond acceptors (Lipinski definition) is 5. The van der Waals surface area contributed by atoms with Gasteiger partial charge in [0, 0.05) is 22.3 Å². The van der Waals surface area contributed by atoms with Crippen molar-refractivity contribution in [2.45, 2.75) is 0 Å². The third-order valence-electron chi connectivity index (χ3n) is 5.03. The average molecular weight is 477 g/mol. The molecule has 2 N–H and O–H groups in total. The number of hydrogen-bond donors (Lipinski definition) is 2. The molecule has 34 heavy (non-hydrogen) atoms. The standard InChI is InChI=1S/C25H21ClN4O4/c1-33-21-13-10-17(14-22(21)34-2)23-20(15-30(29-23)19-6-4-3-5-7-19)25(32)28-27-24(31)16-8-11-18(26)12-9-16/h3-15H,1-2H3,(H,27,31)(H,28,32). The predicted molar refractivity (Wildman–Crippen MR) is 128 cm³/mol. The van der Waals surface area contributed by atoms with E-state index in [4.69, 9.17) is 21.1 Å². The van der Waals surface area contributed by atoms with E-state index in [1.54, 1.807) is 60.5 Å². The molecule has 172 valence electrons. The number of amides is 2. The zero-order valence-corrected chi connectivity index (χ0v) is 19.2. The zero-order valence-electron chi connectivity index (χ0n) is 18.4. The molecule has 8 nitrogen and oxygen atoms in total. The third-order valence-corrected chi connectivity index (χ3v) is 5.28. The van der Waals surface area contributed by atoms with Crippen molar-refractivity contribution in [2.24, 2.45) is 0 Å². The van der Waals surface area contributed by atoms with Crippen molar-refractivity contribution in [2.75, 3.05) is 14.2 Å². The molecule has 4 rings (SSSR count). The number of nitrogens with zero attached hydrogens (tertiary/aromatic N) is 2. The molecular weight excluding hydrogens is 456 g/mol. The second kappa shape index (κ2) is 10.1. The molecule has 0 bridgehead atoms. The van der Waals surface area contributed by atoms with Gasteiger partial charge in [-0.1, -0.05) is 29.8 Å². The molecule has 1 heterocycles. The van der Waals surface area contributed by atoms with Crippen LogP contribution in [-0.4, -0.2) is 35.8 Å². The number of carbonyl (C=O) groups excluding carboxylic acids is 2. The number of hydrazine groups is 1. The molecule has 2 amide bonds. The lowest BCUT2D eigenvalue weighted by molar-refractivity contribution is 0.0847. The van der Waals surface area contributed by atoms with Crippen molar-refractivity contribution >= 4 is 23.4 Å². The van der Waals surface area contributed by atoms with Crippen molar-refractivity contribution in [1.82, 2.24) is 20.6 Å². The van der Waals surface area contributed by atoms with Gasteiger partial charge in [-0.05, 0) is 54.6 Å². The Hall–Kier alpha value is -4.30. The van der Waals surface area contributed by atoms with Crippen LogP contribution in [0.2, 0.25) is 5.02 Å². The first kappa shape index (κ1) is 22.9. The quantitative estimate of drug-likeness (QED) is 0.405. The number of para-hydroxylation sites is 1. The summed E-state index contributed by atoms with van der Waals surface area (Å²) >= 11 is 5.87. The summed E-state index contributed by atoms with van der Waals surface area (Å²) in [5, 5.41) is 5.14. The number of benzene rings is 3. The van der Waals surface area contributed by atoms with Gasteiger partial charge in [-0.2, -0.15) is 5.10 Å². The molecular formula is C25H21ClN4O4. The Bertz CT molecular complexity index is 1320. The Morgan fingerprint density at radius 3 is 2.21 bits per heavy atom. The van der Waals surface area contributed by atoms with Gasteiger partial charge in [0.25, 0.3) is 11.8 Å². The summed E-state index contributed by atoms with van der Waals surface area (Å²) in [5.41, 5.74) is 7.31. The Morgan fingerprint density at radius 1 is 0.853 bits per heavy atom. The molecule has 0 spiro atoms. The fourth-order valence-electron chi connectivity index (χ4n) is 3.30. The fourth-order valence-corrected chi connectivity index (χ4v) is 3.43. The van der Waals surface area contributed by atoms with E-state index in [0.717, 1.165) is 5.69 Å². The van der Waals surface area contributed by atoms with Crippen LogP contribution in [0.15, 0.2) is 79.0 Å². The van der Waals surface area contributed by atoms with Crippen LogP contribution in [0.4, 0.5) is 0 Å². The Morgan fingerprint density at radius 2 is 1.53 bits per heavy atom. The normalized spacial score (nSPS) is 10.4. The zero-order chi connectivity index (χ0) is 24.1. The van der Waals surface area contributed by atoms with Crippen molar-refractivity contribution in [1.29, 1.82) is 0 Å². The van der Waals surface area contributed by atoms with Gasteiger partial charge in [0.1, 0.15) is 5.69 Å². The van der Waals surface area contributed by atoms with Crippen LogP contribution in [0.25, 0.3) is 16.9 Å². The largest absolute Gasteiger partial charge is 0.493 e. The molecule has 0 saturated heterocycles. The number of methoxy groups -OCH3 is 2. The van der Waals surface area contributed by atoms with E-state index in [1.807, 2.05) is 30.3 Å². The van der Waals surface area contributed by atoms with E-state index in [2.05, 4.69) is 16.0 Å². The average Bonchev–Trinajstić information content (AvgIpc) is 3.33. The maximum atomic E-state index is 13.1. The highest BCUT2D eigenvalue weighted by Crippen LogP contribution is 2.33. The van der Waals surface area contributed by atoms with Crippen LogP contribution in [0.3, 0.4) is 0 Å². The van der Waals surface area contributed by atoms with E-state index in [0.29, 0.717) is 33.3 Å². The Kier molecular flexibility index (Phi) is 6.79. The lowest BCUT2D eigenvalue weighted by Crippen LogP contribution is -2.41. The number of halogens is 1. The van der Waals surface area contributed by atoms with Crippen LogP contribution in [0.5, 0.6) is 11.5 Å². The first-order chi connectivity index (χ1) is 16.5. The topological polar surface area (TPSA) is 94.5 Å². The lowest BCUT2D eigenvalue weighted by atomic mass is 10.1. The van der Waals surface area contributed by atoms with Gasteiger partial charge in [-0.15, -0.1) is 0 Å². The third kappa shape index (κ3) is 4.87. The van der Waals surface area contributed by atoms with Crippen molar-refractivity contribution < 1.29 is 19.1 Å². The second-order valence-corrected chi connectivity index (χ2v) is 7.59. The smallest absolute Gasteiger partial charge is 0.273 e. The molecule has 1 aromatic heterocycles. The Balaban J connectivity index is 1.66. The first-order valence-electron chi connectivity index (χ1n) is 10.2. The molecule has 0 aliphatic carbocycles. The SMILES string of the molecule is COc1ccc(-c2nn(-c3ccccc3)cc2C(=O)NNC(=O)c2ccc(Cl)cc2)cc1OC. The van der Waals surface area contributed by atoms with Crippen LogP contribution in [0.1, 0.15) is 20.7 Å². The molecule has 0 radical (unpaired) electrons. The minimum atomic E-state index is -0.533. The summed E-state index contributed by atoms with van der Waals surface area (Å²) in [6, 6.07) is 20.9. The number of aromatic nitrogens is 2. The highest BCUT2D eigenvalue weighted by molar-refractivity contribution is 6.30. The van der Waals surface area contributed by atoms with Crippen LogP contribution >= 0.6 is 11.6 Å². The van der Waals surface area contributed by atoms with Gasteiger partial charge in [0.15, 0.2) is 11.5 Å². The van der Waals surface area contributed by atoms with Crippen LogP contribution < -0.4 is 20.3 Å². The predicted octanol–water partition coefficient (Wildman–Crippen LogP) is 4.28. The number of rotatable bonds is 6. The minimum absolute atomic E-state index is 0.257. The molecule has 0 unspecified atom stereocenters. The van der Waals surface area contributed by atoms with E-state index in [9.17, 15) is 9.59 Å². The van der Waals surface area contributed by atoms with E-state index < -0.39 is 11.8 Å². The molecule has 3 aromatic carbocycles. The first-order valence-corrected chi connectivity index (χ1v) is 10.6.